The highest BCUT2D eigenvalue weighted by molar-refractivity contribution is 9.10. The van der Waals surface area contributed by atoms with E-state index in [0.717, 1.165) is 0 Å². The molecule has 0 saturated carbocycles. The molecule has 0 spiro atoms. The number of halogens is 4. The first-order chi connectivity index (χ1) is 8.89. The lowest BCUT2D eigenvalue weighted by Gasteiger charge is -2.36. The molecule has 0 aliphatic carbocycles. The van der Waals surface area contributed by atoms with Crippen molar-refractivity contribution in [3.63, 3.8) is 0 Å². The summed E-state index contributed by atoms with van der Waals surface area (Å²) in [5.41, 5.74) is -0.108. The normalized spacial score (nSPS) is 19.4. The lowest BCUT2D eigenvalue weighted by atomic mass is 10.0. The quantitative estimate of drug-likeness (QED) is 0.870. The van der Waals surface area contributed by atoms with Crippen molar-refractivity contribution in [3.8, 4) is 5.75 Å². The molecule has 0 aromatic heterocycles. The van der Waals surface area contributed by atoms with E-state index in [9.17, 15) is 18.3 Å². The van der Waals surface area contributed by atoms with Crippen molar-refractivity contribution in [1.29, 1.82) is 0 Å². The fourth-order valence-electron chi connectivity index (χ4n) is 2.26. The van der Waals surface area contributed by atoms with Crippen LogP contribution in [0.25, 0.3) is 0 Å². The maximum Gasteiger partial charge on any atom is 0.408 e. The molecular formula is C12H14BrF3N2O. The standard InChI is InChI=1S/C12H14BrF3N2O/c13-8-1-2-10(19)9(7-8)11(12(14,15)16)18-5-3-17-4-6-18/h1-2,7,11,17,19H,3-6H2/t11-/m1/s1. The van der Waals surface area contributed by atoms with Gasteiger partial charge in [0.1, 0.15) is 11.8 Å². The summed E-state index contributed by atoms with van der Waals surface area (Å²) in [6.45, 7) is 1.63. The van der Waals surface area contributed by atoms with Gasteiger partial charge in [-0.15, -0.1) is 0 Å². The summed E-state index contributed by atoms with van der Waals surface area (Å²) in [6.07, 6.45) is -4.42. The van der Waals surface area contributed by atoms with E-state index in [1.807, 2.05) is 0 Å². The van der Waals surface area contributed by atoms with Gasteiger partial charge >= 0.3 is 6.18 Å². The van der Waals surface area contributed by atoms with Crippen LogP contribution >= 0.6 is 15.9 Å². The van der Waals surface area contributed by atoms with Crippen molar-refractivity contribution in [2.24, 2.45) is 0 Å². The van der Waals surface area contributed by atoms with Crippen LogP contribution in [-0.2, 0) is 0 Å². The van der Waals surface area contributed by atoms with Crippen LogP contribution in [0.1, 0.15) is 11.6 Å². The van der Waals surface area contributed by atoms with E-state index in [1.54, 1.807) is 0 Å². The molecule has 1 saturated heterocycles. The van der Waals surface area contributed by atoms with E-state index in [1.165, 1.54) is 23.1 Å². The van der Waals surface area contributed by atoms with Crippen molar-refractivity contribution in [1.82, 2.24) is 10.2 Å². The van der Waals surface area contributed by atoms with Crippen molar-refractivity contribution in [2.45, 2.75) is 12.2 Å². The number of piperazine rings is 1. The lowest BCUT2D eigenvalue weighted by Crippen LogP contribution is -2.49. The number of nitrogens with one attached hydrogen (secondary N) is 1. The summed E-state index contributed by atoms with van der Waals surface area (Å²) in [7, 11) is 0. The van der Waals surface area contributed by atoms with Gasteiger partial charge in [-0.25, -0.2) is 0 Å². The molecular weight excluding hydrogens is 325 g/mol. The maximum atomic E-state index is 13.3. The molecule has 1 heterocycles. The fourth-order valence-corrected chi connectivity index (χ4v) is 2.64. The molecule has 1 aliphatic rings. The Hall–Kier alpha value is -0.790. The largest absolute Gasteiger partial charge is 0.508 e. The summed E-state index contributed by atoms with van der Waals surface area (Å²) >= 11 is 3.15. The highest BCUT2D eigenvalue weighted by atomic mass is 79.9. The van der Waals surface area contributed by atoms with Gasteiger partial charge in [-0.3, -0.25) is 4.90 Å². The first kappa shape index (κ1) is 14.6. The zero-order valence-corrected chi connectivity index (χ0v) is 11.6. The second-order valence-corrected chi connectivity index (χ2v) is 5.35. The van der Waals surface area contributed by atoms with Gasteiger partial charge in [-0.05, 0) is 18.2 Å². The molecule has 1 atom stereocenters. The highest BCUT2D eigenvalue weighted by Crippen LogP contribution is 2.42. The Bertz CT molecular complexity index is 447. The average Bonchev–Trinajstić information content (AvgIpc) is 2.33. The van der Waals surface area contributed by atoms with Crippen LogP contribution in [0.5, 0.6) is 5.75 Å². The molecule has 0 radical (unpaired) electrons. The van der Waals surface area contributed by atoms with Crippen LogP contribution in [0.15, 0.2) is 22.7 Å². The minimum absolute atomic E-state index is 0.108. The van der Waals surface area contributed by atoms with Gasteiger partial charge in [-0.1, -0.05) is 15.9 Å². The topological polar surface area (TPSA) is 35.5 Å². The minimum atomic E-state index is -4.42. The second kappa shape index (κ2) is 5.68. The van der Waals surface area contributed by atoms with Crippen LogP contribution < -0.4 is 5.32 Å². The minimum Gasteiger partial charge on any atom is -0.508 e. The van der Waals surface area contributed by atoms with Crippen molar-refractivity contribution >= 4 is 15.9 Å². The van der Waals surface area contributed by atoms with Crippen LogP contribution in [0.3, 0.4) is 0 Å². The maximum absolute atomic E-state index is 13.3. The summed E-state index contributed by atoms with van der Waals surface area (Å²) < 4.78 is 40.5. The molecule has 0 amide bonds. The number of rotatable bonds is 2. The number of hydrogen-bond acceptors (Lipinski definition) is 3. The number of alkyl halides is 3. The first-order valence-electron chi connectivity index (χ1n) is 5.89. The van der Waals surface area contributed by atoms with E-state index >= 15 is 0 Å². The Morgan fingerprint density at radius 3 is 2.47 bits per heavy atom. The second-order valence-electron chi connectivity index (χ2n) is 4.43. The predicted octanol–water partition coefficient (Wildman–Crippen LogP) is 2.66. The third-order valence-corrected chi connectivity index (χ3v) is 3.60. The van der Waals surface area contributed by atoms with Crippen LogP contribution in [0, 0.1) is 0 Å². The smallest absolute Gasteiger partial charge is 0.408 e. The highest BCUT2D eigenvalue weighted by Gasteiger charge is 2.46. The number of phenols is 1. The van der Waals surface area contributed by atoms with Crippen LogP contribution in [0.2, 0.25) is 0 Å². The van der Waals surface area contributed by atoms with E-state index in [0.29, 0.717) is 30.7 Å². The Kier molecular flexibility index (Phi) is 4.37. The molecule has 1 aromatic carbocycles. The number of benzene rings is 1. The Morgan fingerprint density at radius 1 is 1.26 bits per heavy atom. The Balaban J connectivity index is 2.39. The molecule has 2 rings (SSSR count). The first-order valence-corrected chi connectivity index (χ1v) is 6.69. The zero-order chi connectivity index (χ0) is 14.0. The summed E-state index contributed by atoms with van der Waals surface area (Å²) in [4.78, 5) is 1.35. The van der Waals surface area contributed by atoms with Gasteiger partial charge in [-0.2, -0.15) is 13.2 Å². The van der Waals surface area contributed by atoms with Crippen LogP contribution in [0.4, 0.5) is 13.2 Å². The third-order valence-electron chi connectivity index (χ3n) is 3.11. The van der Waals surface area contributed by atoms with Crippen LogP contribution in [-0.4, -0.2) is 42.4 Å². The molecule has 1 fully saturated rings. The van der Waals surface area contributed by atoms with Crippen molar-refractivity contribution < 1.29 is 18.3 Å². The fraction of sp³-hybridized carbons (Fsp3) is 0.500. The van der Waals surface area contributed by atoms with Gasteiger partial charge in [0.2, 0.25) is 0 Å². The molecule has 3 nitrogen and oxygen atoms in total. The van der Waals surface area contributed by atoms with Gasteiger partial charge in [0.05, 0.1) is 0 Å². The Labute approximate surface area is 117 Å². The average molecular weight is 339 g/mol. The number of aromatic hydroxyl groups is 1. The monoisotopic (exact) mass is 338 g/mol. The third kappa shape index (κ3) is 3.40. The van der Waals surface area contributed by atoms with E-state index < -0.39 is 12.2 Å². The summed E-state index contributed by atoms with van der Waals surface area (Å²) in [6, 6.07) is 2.35. The lowest BCUT2D eigenvalue weighted by molar-refractivity contribution is -0.188. The molecule has 2 N–H and O–H groups in total. The van der Waals surface area contributed by atoms with Gasteiger partial charge in [0.15, 0.2) is 0 Å². The zero-order valence-electron chi connectivity index (χ0n) is 10.0. The van der Waals surface area contributed by atoms with Crippen molar-refractivity contribution in [2.75, 3.05) is 26.2 Å². The van der Waals surface area contributed by atoms with Gasteiger partial charge in [0, 0.05) is 36.2 Å². The van der Waals surface area contributed by atoms with Gasteiger partial charge in [0.25, 0.3) is 0 Å². The number of hydrogen-bond donors (Lipinski definition) is 2. The molecule has 7 heteroatoms. The number of nitrogens with zero attached hydrogens (tertiary/aromatic N) is 1. The summed E-state index contributed by atoms with van der Waals surface area (Å²) in [5.74, 6) is -0.330. The number of phenolic OH excluding ortho intramolecular Hbond substituents is 1. The van der Waals surface area contributed by atoms with E-state index in [2.05, 4.69) is 21.2 Å². The predicted molar refractivity (Wildman–Crippen MR) is 69.0 cm³/mol. The van der Waals surface area contributed by atoms with Crippen molar-refractivity contribution in [3.05, 3.63) is 28.2 Å². The van der Waals surface area contributed by atoms with E-state index in [4.69, 9.17) is 0 Å². The Morgan fingerprint density at radius 2 is 1.89 bits per heavy atom. The molecule has 0 unspecified atom stereocenters. The molecule has 1 aliphatic heterocycles. The van der Waals surface area contributed by atoms with Gasteiger partial charge < -0.3 is 10.4 Å². The molecule has 1 aromatic rings. The molecule has 106 valence electrons. The van der Waals surface area contributed by atoms with E-state index in [-0.39, 0.29) is 11.3 Å². The SMILES string of the molecule is Oc1ccc(Br)cc1[C@@H](N1CCNCC1)C(F)(F)F. The summed E-state index contributed by atoms with van der Waals surface area (Å²) in [5, 5.41) is 12.8. The molecule has 0 bridgehead atoms. The molecule has 19 heavy (non-hydrogen) atoms.